The zero-order valence-corrected chi connectivity index (χ0v) is 18.2. The molecule has 2 heterocycles. The van der Waals surface area contributed by atoms with Crippen LogP contribution in [0.3, 0.4) is 0 Å². The Hall–Kier alpha value is -2.18. The van der Waals surface area contributed by atoms with Gasteiger partial charge in [0, 0.05) is 36.6 Å². The molecule has 1 aliphatic rings. The first-order valence-corrected chi connectivity index (χ1v) is 11.5. The molecule has 0 spiro atoms. The van der Waals surface area contributed by atoms with Gasteiger partial charge >= 0.3 is 0 Å². The van der Waals surface area contributed by atoms with E-state index < -0.39 is 0 Å². The van der Waals surface area contributed by atoms with Crippen molar-refractivity contribution in [2.75, 3.05) is 35.2 Å². The molecule has 0 fully saturated rings. The zero-order chi connectivity index (χ0) is 19.5. The van der Waals surface area contributed by atoms with E-state index in [2.05, 4.69) is 84.8 Å². The summed E-state index contributed by atoms with van der Waals surface area (Å²) in [6, 6.07) is 17.4. The fraction of sp³-hybridized carbons (Fsp3) is 0.318. The summed E-state index contributed by atoms with van der Waals surface area (Å²) in [6.07, 6.45) is 0. The van der Waals surface area contributed by atoms with Gasteiger partial charge in [-0.1, -0.05) is 35.2 Å². The van der Waals surface area contributed by atoms with E-state index in [1.807, 2.05) is 0 Å². The quantitative estimate of drug-likeness (QED) is 0.478. The number of anilines is 3. The Balaban J connectivity index is 1.46. The second kappa shape index (κ2) is 8.45. The lowest BCUT2D eigenvalue weighted by molar-refractivity contribution is 0.866. The third-order valence-corrected chi connectivity index (χ3v) is 7.23. The van der Waals surface area contributed by atoms with Crippen LogP contribution in [0.4, 0.5) is 16.4 Å². The number of thiazole rings is 1. The highest BCUT2D eigenvalue weighted by Crippen LogP contribution is 2.50. The molecule has 146 valence electrons. The number of hydrogen-bond donors (Lipinski definition) is 2. The molecular weight excluding hydrogens is 384 g/mol. The molecule has 1 unspecified atom stereocenters. The van der Waals surface area contributed by atoms with Crippen molar-refractivity contribution in [2.24, 2.45) is 0 Å². The van der Waals surface area contributed by atoms with Crippen LogP contribution in [-0.4, -0.2) is 24.6 Å². The van der Waals surface area contributed by atoms with E-state index >= 15 is 0 Å². The minimum absolute atomic E-state index is 0.239. The van der Waals surface area contributed by atoms with Crippen molar-refractivity contribution >= 4 is 39.5 Å². The third-order valence-electron chi connectivity index (χ3n) is 4.92. The molecule has 0 saturated carbocycles. The maximum absolute atomic E-state index is 4.89. The van der Waals surface area contributed by atoms with Crippen LogP contribution < -0.4 is 15.5 Å². The summed E-state index contributed by atoms with van der Waals surface area (Å²) < 4.78 is 0. The van der Waals surface area contributed by atoms with Crippen molar-refractivity contribution in [3.8, 4) is 10.6 Å². The highest BCUT2D eigenvalue weighted by atomic mass is 32.2. The van der Waals surface area contributed by atoms with Gasteiger partial charge in [-0.15, -0.1) is 0 Å². The maximum atomic E-state index is 4.89. The standard InChI is InChI=1S/C22H26N4S2/c1-4-23-17-11-7-15(8-12-17)19-24-21-22(27-19)25-20(28-21)16-9-13-18(14-10-16)26(5-2)6-3/h7-14,19,23-24H,4-6H2,1-3H3. The Morgan fingerprint density at radius 1 is 1.00 bits per heavy atom. The van der Waals surface area contributed by atoms with E-state index in [9.17, 15) is 0 Å². The molecular formula is C22H26N4S2. The SMILES string of the molecule is CCNc1ccc(C2Nc3sc(-c4ccc(N(CC)CC)cc4)nc3S2)cc1. The molecule has 1 atom stereocenters. The second-order valence-corrected chi connectivity index (χ2v) is 8.76. The van der Waals surface area contributed by atoms with Crippen molar-refractivity contribution < 1.29 is 0 Å². The fourth-order valence-electron chi connectivity index (χ4n) is 3.40. The minimum Gasteiger partial charge on any atom is -0.385 e. The van der Waals surface area contributed by atoms with Crippen molar-refractivity contribution in [3.63, 3.8) is 0 Å². The Kier molecular flexibility index (Phi) is 5.78. The Bertz CT molecular complexity index is 891. The number of hydrogen-bond acceptors (Lipinski definition) is 6. The van der Waals surface area contributed by atoms with Crippen LogP contribution in [0.25, 0.3) is 10.6 Å². The number of nitrogens with zero attached hydrogens (tertiary/aromatic N) is 2. The Labute approximate surface area is 175 Å². The average Bonchev–Trinajstić information content (AvgIpc) is 3.30. The van der Waals surface area contributed by atoms with Crippen molar-refractivity contribution in [1.29, 1.82) is 0 Å². The first kappa shape index (κ1) is 19.2. The van der Waals surface area contributed by atoms with E-state index in [1.54, 1.807) is 23.1 Å². The smallest absolute Gasteiger partial charge is 0.134 e. The molecule has 0 radical (unpaired) electrons. The molecule has 4 rings (SSSR count). The van der Waals surface area contributed by atoms with Gasteiger partial charge in [0.1, 0.15) is 20.4 Å². The predicted molar refractivity (Wildman–Crippen MR) is 124 cm³/mol. The van der Waals surface area contributed by atoms with E-state index in [0.717, 1.165) is 35.4 Å². The third kappa shape index (κ3) is 3.84. The molecule has 4 nitrogen and oxygen atoms in total. The summed E-state index contributed by atoms with van der Waals surface area (Å²) in [7, 11) is 0. The normalized spacial score (nSPS) is 15.2. The van der Waals surface area contributed by atoms with Crippen LogP contribution in [0, 0.1) is 0 Å². The molecule has 0 aliphatic carbocycles. The molecule has 2 aromatic carbocycles. The molecule has 1 aromatic heterocycles. The van der Waals surface area contributed by atoms with Gasteiger partial charge in [0.25, 0.3) is 0 Å². The summed E-state index contributed by atoms with van der Waals surface area (Å²) in [4.78, 5) is 7.25. The number of nitrogens with one attached hydrogen (secondary N) is 2. The van der Waals surface area contributed by atoms with Gasteiger partial charge in [0.05, 0.1) is 0 Å². The van der Waals surface area contributed by atoms with Crippen LogP contribution in [0.1, 0.15) is 31.7 Å². The van der Waals surface area contributed by atoms with E-state index in [1.165, 1.54) is 21.8 Å². The van der Waals surface area contributed by atoms with Crippen molar-refractivity contribution in [2.45, 2.75) is 31.2 Å². The van der Waals surface area contributed by atoms with Gasteiger partial charge in [0.15, 0.2) is 0 Å². The highest BCUT2D eigenvalue weighted by Gasteiger charge is 2.27. The van der Waals surface area contributed by atoms with E-state index in [4.69, 9.17) is 4.98 Å². The maximum Gasteiger partial charge on any atom is 0.134 e. The number of benzene rings is 2. The van der Waals surface area contributed by atoms with Crippen molar-refractivity contribution in [3.05, 3.63) is 54.1 Å². The lowest BCUT2D eigenvalue weighted by atomic mass is 10.2. The number of fused-ring (bicyclic) bond motifs is 1. The summed E-state index contributed by atoms with van der Waals surface area (Å²) in [5, 5.41) is 10.6. The predicted octanol–water partition coefficient (Wildman–Crippen LogP) is 6.30. The zero-order valence-electron chi connectivity index (χ0n) is 16.5. The molecule has 0 saturated heterocycles. The molecule has 6 heteroatoms. The lowest BCUT2D eigenvalue weighted by Gasteiger charge is -2.20. The molecule has 3 aromatic rings. The van der Waals surface area contributed by atoms with Gasteiger partial charge in [-0.05, 0) is 62.7 Å². The topological polar surface area (TPSA) is 40.2 Å². The number of aromatic nitrogens is 1. The first-order valence-electron chi connectivity index (χ1n) is 9.85. The van der Waals surface area contributed by atoms with Gasteiger partial charge in [-0.2, -0.15) is 0 Å². The van der Waals surface area contributed by atoms with Crippen molar-refractivity contribution in [1.82, 2.24) is 4.98 Å². The molecule has 0 amide bonds. The molecule has 2 N–H and O–H groups in total. The van der Waals surface area contributed by atoms with Crippen LogP contribution in [-0.2, 0) is 0 Å². The summed E-state index contributed by atoms with van der Waals surface area (Å²) in [5.74, 6) is 0. The van der Waals surface area contributed by atoms with Gasteiger partial charge < -0.3 is 15.5 Å². The summed E-state index contributed by atoms with van der Waals surface area (Å²) in [5.41, 5.74) is 4.90. The van der Waals surface area contributed by atoms with Crippen LogP contribution in [0.15, 0.2) is 53.6 Å². The Morgan fingerprint density at radius 3 is 2.32 bits per heavy atom. The fourth-order valence-corrected chi connectivity index (χ4v) is 5.69. The van der Waals surface area contributed by atoms with Gasteiger partial charge in [0.2, 0.25) is 0 Å². The average molecular weight is 411 g/mol. The molecule has 0 bridgehead atoms. The number of thioether (sulfide) groups is 1. The van der Waals surface area contributed by atoms with Gasteiger partial charge in [-0.25, -0.2) is 4.98 Å². The summed E-state index contributed by atoms with van der Waals surface area (Å²) in [6.45, 7) is 9.49. The van der Waals surface area contributed by atoms with Crippen LogP contribution in [0.5, 0.6) is 0 Å². The monoisotopic (exact) mass is 410 g/mol. The molecule has 28 heavy (non-hydrogen) atoms. The van der Waals surface area contributed by atoms with Crippen LogP contribution in [0.2, 0.25) is 0 Å². The van der Waals surface area contributed by atoms with Gasteiger partial charge in [-0.3, -0.25) is 0 Å². The van der Waals surface area contributed by atoms with Crippen LogP contribution >= 0.6 is 23.1 Å². The lowest BCUT2D eigenvalue weighted by Crippen LogP contribution is -2.21. The second-order valence-electron chi connectivity index (χ2n) is 6.67. The van der Waals surface area contributed by atoms with E-state index in [0.29, 0.717) is 0 Å². The largest absolute Gasteiger partial charge is 0.385 e. The Morgan fingerprint density at radius 2 is 1.71 bits per heavy atom. The first-order chi connectivity index (χ1) is 13.7. The van der Waals surface area contributed by atoms with E-state index in [-0.39, 0.29) is 5.37 Å². The highest BCUT2D eigenvalue weighted by molar-refractivity contribution is 8.00. The summed E-state index contributed by atoms with van der Waals surface area (Å²) >= 11 is 3.54. The minimum atomic E-state index is 0.239. The number of rotatable bonds is 7. The molecule has 1 aliphatic heterocycles.